The van der Waals surface area contributed by atoms with Crippen LogP contribution in [0.5, 0.6) is 0 Å². The molecule has 0 saturated heterocycles. The quantitative estimate of drug-likeness (QED) is 0.634. The molecule has 0 spiro atoms. The van der Waals surface area contributed by atoms with Crippen molar-refractivity contribution in [2.45, 2.75) is 6.42 Å². The van der Waals surface area contributed by atoms with Crippen molar-refractivity contribution in [1.29, 1.82) is 0 Å². The maximum atomic E-state index is 4.93. The van der Waals surface area contributed by atoms with Gasteiger partial charge in [0, 0.05) is 0 Å². The minimum atomic E-state index is -0.826. The van der Waals surface area contributed by atoms with Crippen LogP contribution >= 0.6 is 17.0 Å². The second-order valence-electron chi connectivity index (χ2n) is 1.16. The van der Waals surface area contributed by atoms with Gasteiger partial charge < -0.3 is 17.2 Å². The first-order chi connectivity index (χ1) is 6.91. The van der Waals surface area contributed by atoms with Gasteiger partial charge >= 0.3 is 37.9 Å². The van der Waals surface area contributed by atoms with Gasteiger partial charge in [-0.25, -0.2) is 0 Å². The summed E-state index contributed by atoms with van der Waals surface area (Å²) in [5.74, 6) is 0. The molecule has 0 fully saturated rings. The Morgan fingerprint density at radius 2 is 1.07 bits per heavy atom. The van der Waals surface area contributed by atoms with Gasteiger partial charge in [-0.2, -0.15) is 0 Å². The van der Waals surface area contributed by atoms with Crippen molar-refractivity contribution in [3.05, 3.63) is 24.3 Å². The zero-order valence-electron chi connectivity index (χ0n) is 9.00. The van der Waals surface area contributed by atoms with Crippen LogP contribution in [-0.2, 0) is 20.8 Å². The van der Waals surface area contributed by atoms with Crippen molar-refractivity contribution in [3.63, 3.8) is 0 Å². The van der Waals surface area contributed by atoms with Gasteiger partial charge in [0.25, 0.3) is 0 Å². The Kier molecular flexibility index (Phi) is 84.3. The molecular formula is C8H21Cl2N3Zr. The number of halogens is 2. The summed E-state index contributed by atoms with van der Waals surface area (Å²) in [4.78, 5) is 0. The first kappa shape index (κ1) is 24.2. The number of rotatable bonds is 0. The molecule has 0 bridgehead atoms. The van der Waals surface area contributed by atoms with Crippen LogP contribution in [-0.4, -0.2) is 21.1 Å². The van der Waals surface area contributed by atoms with Crippen LogP contribution < -0.4 is 17.2 Å². The van der Waals surface area contributed by atoms with Gasteiger partial charge in [0.1, 0.15) is 0 Å². The Bertz CT molecular complexity index is 90.6. The van der Waals surface area contributed by atoms with Crippen molar-refractivity contribution in [2.75, 3.05) is 21.1 Å². The maximum absolute atomic E-state index is 4.93. The van der Waals surface area contributed by atoms with Crippen molar-refractivity contribution in [2.24, 2.45) is 17.2 Å². The summed E-state index contributed by atoms with van der Waals surface area (Å²) in [6, 6.07) is 0. The molecule has 0 heterocycles. The topological polar surface area (TPSA) is 78.1 Å². The average molecular weight is 321 g/mol. The number of allylic oxidation sites excluding steroid dienone is 4. The molecule has 1 aliphatic rings. The molecule has 0 unspecified atom stereocenters. The van der Waals surface area contributed by atoms with Crippen LogP contribution in [0.25, 0.3) is 0 Å². The molecule has 0 aliphatic heterocycles. The van der Waals surface area contributed by atoms with E-state index in [0.29, 0.717) is 0 Å². The summed E-state index contributed by atoms with van der Waals surface area (Å²) in [5.41, 5.74) is 13.5. The molecule has 0 amide bonds. The fourth-order valence-electron chi connectivity index (χ4n) is 0.393. The molecule has 1 aliphatic carbocycles. The second kappa shape index (κ2) is 48.8. The van der Waals surface area contributed by atoms with E-state index in [1.54, 1.807) is 0 Å². The average Bonchev–Trinajstić information content (AvgIpc) is 2.85. The summed E-state index contributed by atoms with van der Waals surface area (Å²) in [6.07, 6.45) is 9.50. The van der Waals surface area contributed by atoms with E-state index in [-0.39, 0.29) is 0 Å². The van der Waals surface area contributed by atoms with E-state index in [2.05, 4.69) is 41.5 Å². The SMILES string of the molecule is C1=CCC=C1.CN.CN.CN.[Cl][Zr][Cl]. The third kappa shape index (κ3) is 52.9. The van der Waals surface area contributed by atoms with Crippen molar-refractivity contribution in [1.82, 2.24) is 0 Å². The summed E-state index contributed by atoms with van der Waals surface area (Å²) >= 11 is -0.826. The first-order valence-corrected chi connectivity index (χ1v) is 10.3. The predicted molar refractivity (Wildman–Crippen MR) is 64.9 cm³/mol. The van der Waals surface area contributed by atoms with E-state index in [0.717, 1.165) is 6.42 Å². The van der Waals surface area contributed by atoms with Crippen molar-refractivity contribution >= 4 is 17.0 Å². The molecule has 1 rings (SSSR count). The molecule has 6 N–H and O–H groups in total. The van der Waals surface area contributed by atoms with Gasteiger partial charge in [-0.1, -0.05) is 24.3 Å². The summed E-state index contributed by atoms with van der Waals surface area (Å²) in [6.45, 7) is 0. The van der Waals surface area contributed by atoms with Gasteiger partial charge in [0.05, 0.1) is 0 Å². The van der Waals surface area contributed by atoms with E-state index < -0.39 is 20.8 Å². The molecule has 0 aromatic heterocycles. The molecule has 0 saturated carbocycles. The standard InChI is InChI=1S/C5H6.3CH5N.2ClH.Zr/c1-2-4-5-3-1;3*1-2;;;/h1-4H,5H2;3*2H2,1H3;2*1H;/q;;;;;;+2/p-2. The third-order valence-electron chi connectivity index (χ3n) is 0.655. The number of nitrogens with two attached hydrogens (primary N) is 3. The normalized spacial score (nSPS) is 8.57. The molecule has 0 atom stereocenters. The summed E-state index contributed by atoms with van der Waals surface area (Å²) < 4.78 is 0. The third-order valence-corrected chi connectivity index (χ3v) is 0.655. The van der Waals surface area contributed by atoms with Crippen LogP contribution in [0.3, 0.4) is 0 Å². The second-order valence-corrected chi connectivity index (χ2v) is 4.90. The molecule has 6 heteroatoms. The van der Waals surface area contributed by atoms with E-state index in [4.69, 9.17) is 17.0 Å². The predicted octanol–water partition coefficient (Wildman–Crippen LogP) is 1.60. The molecule has 0 aromatic rings. The summed E-state index contributed by atoms with van der Waals surface area (Å²) in [5, 5.41) is 0. The number of hydrogen-bond acceptors (Lipinski definition) is 3. The van der Waals surface area contributed by atoms with Crippen LogP contribution in [0.15, 0.2) is 24.3 Å². The van der Waals surface area contributed by atoms with Crippen LogP contribution in [0, 0.1) is 0 Å². The van der Waals surface area contributed by atoms with Crippen LogP contribution in [0.1, 0.15) is 6.42 Å². The molecule has 14 heavy (non-hydrogen) atoms. The monoisotopic (exact) mass is 319 g/mol. The first-order valence-electron chi connectivity index (χ1n) is 3.93. The molecule has 0 aromatic carbocycles. The van der Waals surface area contributed by atoms with Crippen molar-refractivity contribution in [3.8, 4) is 0 Å². The molecular weight excluding hydrogens is 300 g/mol. The number of hydrogen-bond donors (Lipinski definition) is 3. The Balaban J connectivity index is -0.0000000494. The van der Waals surface area contributed by atoms with E-state index in [1.807, 2.05) is 0 Å². The fraction of sp³-hybridized carbons (Fsp3) is 0.500. The molecule has 86 valence electrons. The Labute approximate surface area is 106 Å². The molecule has 3 nitrogen and oxygen atoms in total. The Morgan fingerprint density at radius 3 is 1.14 bits per heavy atom. The van der Waals surface area contributed by atoms with E-state index >= 15 is 0 Å². The van der Waals surface area contributed by atoms with E-state index in [9.17, 15) is 0 Å². The zero-order valence-corrected chi connectivity index (χ0v) is 13.0. The van der Waals surface area contributed by atoms with Crippen molar-refractivity contribution < 1.29 is 20.8 Å². The van der Waals surface area contributed by atoms with Gasteiger partial charge in [0.15, 0.2) is 0 Å². The minimum absolute atomic E-state index is 0.826. The summed E-state index contributed by atoms with van der Waals surface area (Å²) in [7, 11) is 14.4. The zero-order chi connectivity index (χ0) is 12.2. The Hall–Kier alpha value is 0.823. The fourth-order valence-corrected chi connectivity index (χ4v) is 0.393. The van der Waals surface area contributed by atoms with Crippen LogP contribution in [0.4, 0.5) is 0 Å². The van der Waals surface area contributed by atoms with Crippen LogP contribution in [0.2, 0.25) is 0 Å². The van der Waals surface area contributed by atoms with Gasteiger partial charge in [-0.15, -0.1) is 0 Å². The van der Waals surface area contributed by atoms with Gasteiger partial charge in [-0.3, -0.25) is 0 Å². The van der Waals surface area contributed by atoms with Gasteiger partial charge in [0.2, 0.25) is 0 Å². The molecule has 0 radical (unpaired) electrons. The Morgan fingerprint density at radius 1 is 0.857 bits per heavy atom. The van der Waals surface area contributed by atoms with E-state index in [1.165, 1.54) is 21.1 Å². The van der Waals surface area contributed by atoms with Gasteiger partial charge in [-0.05, 0) is 27.6 Å².